The van der Waals surface area contributed by atoms with Gasteiger partial charge in [-0.15, -0.1) is 0 Å². The van der Waals surface area contributed by atoms with Crippen LogP contribution < -0.4 is 0 Å². The van der Waals surface area contributed by atoms with Gasteiger partial charge in [0.15, 0.2) is 0 Å². The molecule has 0 rings (SSSR count). The van der Waals surface area contributed by atoms with Crippen molar-refractivity contribution in [3.05, 3.63) is 152 Å². The van der Waals surface area contributed by atoms with Gasteiger partial charge in [-0.05, 0) is 0 Å². The molecule has 0 amide bonds. The van der Waals surface area contributed by atoms with Crippen LogP contribution in [0.4, 0.5) is 0 Å². The van der Waals surface area contributed by atoms with Crippen LogP contribution in [0.5, 0.6) is 0 Å². The molecule has 0 aromatic rings. The van der Waals surface area contributed by atoms with E-state index >= 15 is 0 Å². The molecule has 5 heteroatoms. The first-order valence-electron chi connectivity index (χ1n) is 18.9. The van der Waals surface area contributed by atoms with E-state index in [1.807, 2.05) is 0 Å². The summed E-state index contributed by atoms with van der Waals surface area (Å²) in [5, 5.41) is 0. The predicted molar refractivity (Wildman–Crippen MR) is 247 cm³/mol. The minimum absolute atomic E-state index is 1.23. The molecule has 0 aliphatic heterocycles. The molecule has 0 unspecified atom stereocenters. The molecule has 0 saturated carbocycles. The Balaban J connectivity index is 7.57. The molecule has 0 fully saturated rings. The van der Waals surface area contributed by atoms with Gasteiger partial charge in [0.05, 0.1) is 0 Å². The van der Waals surface area contributed by atoms with E-state index in [-0.39, 0.29) is 0 Å². The van der Waals surface area contributed by atoms with E-state index in [2.05, 4.69) is 152 Å². The van der Waals surface area contributed by atoms with Crippen molar-refractivity contribution in [3.8, 4) is 0 Å². The van der Waals surface area contributed by atoms with Crippen molar-refractivity contribution in [3.63, 3.8) is 0 Å². The monoisotopic (exact) mass is 1110 g/mol. The van der Waals surface area contributed by atoms with Crippen LogP contribution in [0, 0.1) is 0 Å². The molecule has 0 spiro atoms. The third kappa shape index (κ3) is 17.8. The van der Waals surface area contributed by atoms with E-state index in [0.717, 1.165) is 0 Å². The van der Waals surface area contributed by atoms with Crippen molar-refractivity contribution < 1.29 is 0 Å². The molecular formula is C44H76SiSn4. The Morgan fingerprint density at radius 1 is 0.245 bits per heavy atom. The molecule has 0 bridgehead atoms. The summed E-state index contributed by atoms with van der Waals surface area (Å²) in [7, 11) is -1.78. The first kappa shape index (κ1) is 49.3. The molecule has 0 aliphatic carbocycles. The molecule has 0 aromatic heterocycles. The Kier molecular flexibility index (Phi) is 28.0. The third-order valence-electron chi connectivity index (χ3n) is 11.7. The standard InChI is InChI=1S/C8H16Si.12C3H5.4Sn/c1-5-9(6-2,7-3)8-4;12*1-3-2;;;;/h1-8H2;12*3H,1-2H2;;;;. The van der Waals surface area contributed by atoms with E-state index < -0.39 is 81.6 Å². The topological polar surface area (TPSA) is 0 Å². The van der Waals surface area contributed by atoms with Crippen LogP contribution in [0.15, 0.2) is 152 Å². The Labute approximate surface area is 324 Å². The van der Waals surface area contributed by atoms with Gasteiger partial charge in [-0.25, -0.2) is 0 Å². The van der Waals surface area contributed by atoms with E-state index in [0.29, 0.717) is 0 Å². The molecular weight excluding hydrogens is 1030 g/mol. The molecule has 272 valence electrons. The number of allylic oxidation sites excluding steroid dienone is 12. The van der Waals surface area contributed by atoms with Crippen LogP contribution in [0.3, 0.4) is 0 Å². The summed E-state index contributed by atoms with van der Waals surface area (Å²) >= 11 is -10.5. The molecule has 49 heavy (non-hydrogen) atoms. The minimum atomic E-state index is -2.62. The second-order valence-electron chi connectivity index (χ2n) is 15.4. The van der Waals surface area contributed by atoms with Crippen molar-refractivity contribution in [1.29, 1.82) is 0 Å². The fourth-order valence-corrected chi connectivity index (χ4v) is 84.5. The maximum absolute atomic E-state index is 4.28. The Bertz CT molecular complexity index is 819. The van der Waals surface area contributed by atoms with Crippen molar-refractivity contribution in [2.24, 2.45) is 0 Å². The van der Waals surface area contributed by atoms with Crippen molar-refractivity contribution in [1.82, 2.24) is 0 Å². The maximum atomic E-state index is 4.28. The summed E-state index contributed by atoms with van der Waals surface area (Å²) in [4.78, 5) is 0. The van der Waals surface area contributed by atoms with Crippen LogP contribution in [-0.2, 0) is 0 Å². The summed E-state index contributed by atoms with van der Waals surface area (Å²) < 4.78 is 20.5. The Hall–Kier alpha value is 0.292. The van der Waals surface area contributed by atoms with Gasteiger partial charge < -0.3 is 0 Å². The number of hydrogen-bond donors (Lipinski definition) is 0. The molecule has 0 heterocycles. The average molecular weight is 1110 g/mol. The van der Waals surface area contributed by atoms with Gasteiger partial charge in [-0.1, -0.05) is 0 Å². The Morgan fingerprint density at radius 2 is 0.367 bits per heavy atom. The molecule has 0 atom stereocenters. The zero-order valence-corrected chi connectivity index (χ0v) is 44.5. The summed E-state index contributed by atoms with van der Waals surface area (Å²) in [5.74, 6) is 0. The first-order valence-corrected chi connectivity index (χ1v) is 54.0. The van der Waals surface area contributed by atoms with Crippen LogP contribution >= 0.6 is 0 Å². The van der Waals surface area contributed by atoms with Gasteiger partial charge in [-0.3, -0.25) is 0 Å². The SMILES string of the molecule is C=C[CH2][Sn]([CH2]C=C)([CH2]C=C)[CH2]C[Si](C[CH2][Sn]([CH2]C=C)([CH2]C=C)[CH2]C=C)(C[CH2][Sn]([CH2]C=C)([CH2]C=C)[CH2]C=C)C[CH2][Sn]([CH2]C=C)([CH2]C=C)[CH2]C=C. The summed E-state index contributed by atoms with van der Waals surface area (Å²) in [5.41, 5.74) is 0. The van der Waals surface area contributed by atoms with Gasteiger partial charge in [0.25, 0.3) is 0 Å². The third-order valence-corrected chi connectivity index (χ3v) is 77.1. The van der Waals surface area contributed by atoms with E-state index in [9.17, 15) is 0 Å². The van der Waals surface area contributed by atoms with Gasteiger partial charge in [0, 0.05) is 0 Å². The molecule has 0 radical (unpaired) electrons. The van der Waals surface area contributed by atoms with Gasteiger partial charge in [0.2, 0.25) is 0 Å². The number of rotatable bonds is 36. The Morgan fingerprint density at radius 3 is 0.469 bits per heavy atom. The van der Waals surface area contributed by atoms with Gasteiger partial charge in [0.1, 0.15) is 0 Å². The van der Waals surface area contributed by atoms with Gasteiger partial charge in [-0.2, -0.15) is 0 Å². The van der Waals surface area contributed by atoms with Crippen LogP contribution in [0.1, 0.15) is 0 Å². The summed E-state index contributed by atoms with van der Waals surface area (Å²) in [6.07, 6.45) is 26.9. The molecule has 0 nitrogen and oxygen atoms in total. The zero-order valence-electron chi connectivity index (χ0n) is 32.1. The van der Waals surface area contributed by atoms with Crippen molar-refractivity contribution >= 4 is 81.6 Å². The van der Waals surface area contributed by atoms with Crippen molar-refractivity contribution in [2.45, 2.75) is 95.2 Å². The van der Waals surface area contributed by atoms with Crippen LogP contribution in [0.2, 0.25) is 95.2 Å². The zero-order chi connectivity index (χ0) is 37.1. The van der Waals surface area contributed by atoms with Crippen LogP contribution in [-0.4, -0.2) is 81.6 Å². The average Bonchev–Trinajstić information content (AvgIpc) is 3.06. The van der Waals surface area contributed by atoms with Crippen molar-refractivity contribution in [2.75, 3.05) is 0 Å². The normalized spacial score (nSPS) is 12.2. The summed E-state index contributed by atoms with van der Waals surface area (Å²) in [6.45, 7) is 51.4. The molecule has 0 saturated heterocycles. The second kappa shape index (κ2) is 27.8. The molecule has 0 aliphatic rings. The van der Waals surface area contributed by atoms with Gasteiger partial charge >= 0.3 is 329 Å². The van der Waals surface area contributed by atoms with E-state index in [4.69, 9.17) is 0 Å². The summed E-state index contributed by atoms with van der Waals surface area (Å²) in [6, 6.07) is 5.86. The van der Waals surface area contributed by atoms with E-state index in [1.54, 1.807) is 0 Å². The quantitative estimate of drug-likeness (QED) is 0.0433. The fourth-order valence-electron chi connectivity index (χ4n) is 8.77. The fraction of sp³-hybridized carbons (Fsp3) is 0.455. The predicted octanol–water partition coefficient (Wildman–Crippen LogP) is 15.5. The molecule has 0 aromatic carbocycles. The van der Waals surface area contributed by atoms with E-state index in [1.165, 1.54) is 95.2 Å². The number of hydrogen-bond acceptors (Lipinski definition) is 0. The first-order chi connectivity index (χ1) is 23.6. The second-order valence-corrected chi connectivity index (χ2v) is 74.4. The molecule has 0 N–H and O–H groups in total. The van der Waals surface area contributed by atoms with Crippen LogP contribution in [0.25, 0.3) is 0 Å².